The van der Waals surface area contributed by atoms with Crippen LogP contribution in [0.2, 0.25) is 5.02 Å². The van der Waals surface area contributed by atoms with Crippen LogP contribution in [0.15, 0.2) is 12.1 Å². The summed E-state index contributed by atoms with van der Waals surface area (Å²) in [5, 5.41) is 10.8. The van der Waals surface area contributed by atoms with E-state index in [9.17, 15) is 5.11 Å². The first-order chi connectivity index (χ1) is 9.15. The lowest BCUT2D eigenvalue weighted by Gasteiger charge is -2.23. The molecule has 0 aliphatic carbocycles. The zero-order valence-corrected chi connectivity index (χ0v) is 12.2. The van der Waals surface area contributed by atoms with Crippen molar-refractivity contribution in [3.8, 4) is 11.5 Å². The summed E-state index contributed by atoms with van der Waals surface area (Å²) in [6.07, 6.45) is 2.40. The van der Waals surface area contributed by atoms with E-state index in [0.29, 0.717) is 35.7 Å². The number of hydrogen-bond donors (Lipinski definition) is 1. The molecule has 0 aromatic heterocycles. The lowest BCUT2D eigenvalue weighted by molar-refractivity contribution is 0.138. The van der Waals surface area contributed by atoms with E-state index in [1.165, 1.54) is 0 Å². The summed E-state index contributed by atoms with van der Waals surface area (Å²) in [6.45, 7) is 5.34. The van der Waals surface area contributed by atoms with Crippen LogP contribution in [0.3, 0.4) is 0 Å². The smallest absolute Gasteiger partial charge is 0.179 e. The standard InChI is InChI=1S/C15H21ClO3/c1-3-10(4-2)7-13(17)11-8-12(16)15-14(9-11)18-5-6-19-15/h8-10,13,17H,3-7H2,1-2H3. The van der Waals surface area contributed by atoms with Crippen LogP contribution in [0.1, 0.15) is 44.8 Å². The molecule has 0 radical (unpaired) electrons. The Labute approximate surface area is 119 Å². The van der Waals surface area contributed by atoms with E-state index in [2.05, 4.69) is 13.8 Å². The number of halogens is 1. The van der Waals surface area contributed by atoms with Gasteiger partial charge in [-0.05, 0) is 30.0 Å². The van der Waals surface area contributed by atoms with Gasteiger partial charge in [-0.3, -0.25) is 0 Å². The number of hydrogen-bond acceptors (Lipinski definition) is 3. The molecule has 0 amide bonds. The quantitative estimate of drug-likeness (QED) is 0.889. The molecule has 0 fully saturated rings. The molecule has 19 heavy (non-hydrogen) atoms. The number of ether oxygens (including phenoxy) is 2. The molecule has 0 saturated carbocycles. The summed E-state index contributed by atoms with van der Waals surface area (Å²) in [4.78, 5) is 0. The van der Waals surface area contributed by atoms with E-state index in [1.54, 1.807) is 6.07 Å². The second-order valence-corrected chi connectivity index (χ2v) is 5.37. The maximum atomic E-state index is 10.3. The van der Waals surface area contributed by atoms with E-state index in [1.807, 2.05) is 6.07 Å². The van der Waals surface area contributed by atoms with Gasteiger partial charge in [0.2, 0.25) is 0 Å². The Hall–Kier alpha value is -0.930. The van der Waals surface area contributed by atoms with Crippen molar-refractivity contribution in [2.75, 3.05) is 13.2 Å². The van der Waals surface area contributed by atoms with Gasteiger partial charge in [0.05, 0.1) is 11.1 Å². The third kappa shape index (κ3) is 3.34. The number of aliphatic hydroxyl groups excluding tert-OH is 1. The zero-order chi connectivity index (χ0) is 13.8. The van der Waals surface area contributed by atoms with Crippen molar-refractivity contribution in [1.82, 2.24) is 0 Å². The minimum absolute atomic E-state index is 0.502. The van der Waals surface area contributed by atoms with Gasteiger partial charge in [0.15, 0.2) is 11.5 Å². The van der Waals surface area contributed by atoms with E-state index >= 15 is 0 Å². The minimum atomic E-state index is -0.502. The second-order valence-electron chi connectivity index (χ2n) is 4.96. The van der Waals surface area contributed by atoms with Gasteiger partial charge in [0.25, 0.3) is 0 Å². The first-order valence-electron chi connectivity index (χ1n) is 6.92. The van der Waals surface area contributed by atoms with Gasteiger partial charge in [-0.15, -0.1) is 0 Å². The van der Waals surface area contributed by atoms with Gasteiger partial charge in [-0.2, -0.15) is 0 Å². The van der Waals surface area contributed by atoms with Crippen molar-refractivity contribution in [2.45, 2.75) is 39.2 Å². The SMILES string of the molecule is CCC(CC)CC(O)c1cc(Cl)c2c(c1)OCCO2. The van der Waals surface area contributed by atoms with E-state index < -0.39 is 6.10 Å². The summed E-state index contributed by atoms with van der Waals surface area (Å²) in [6, 6.07) is 3.62. The summed E-state index contributed by atoms with van der Waals surface area (Å²) in [7, 11) is 0. The van der Waals surface area contributed by atoms with Crippen LogP contribution < -0.4 is 9.47 Å². The predicted octanol–water partition coefficient (Wildman–Crippen LogP) is 3.97. The average molecular weight is 285 g/mol. The number of aliphatic hydroxyl groups is 1. The molecule has 1 aliphatic heterocycles. The van der Waals surface area contributed by atoms with Crippen molar-refractivity contribution < 1.29 is 14.6 Å². The van der Waals surface area contributed by atoms with Crippen molar-refractivity contribution in [3.63, 3.8) is 0 Å². The van der Waals surface area contributed by atoms with Gasteiger partial charge < -0.3 is 14.6 Å². The summed E-state index contributed by atoms with van der Waals surface area (Å²) < 4.78 is 11.0. The van der Waals surface area contributed by atoms with Crippen LogP contribution in [-0.4, -0.2) is 18.3 Å². The first kappa shape index (κ1) is 14.5. The van der Waals surface area contributed by atoms with E-state index in [4.69, 9.17) is 21.1 Å². The van der Waals surface area contributed by atoms with Gasteiger partial charge in [-0.25, -0.2) is 0 Å². The molecule has 2 rings (SSSR count). The van der Waals surface area contributed by atoms with Crippen LogP contribution in [0.4, 0.5) is 0 Å². The van der Waals surface area contributed by atoms with E-state index in [0.717, 1.165) is 24.8 Å². The Morgan fingerprint density at radius 3 is 2.58 bits per heavy atom. The molecule has 1 aromatic rings. The number of benzene rings is 1. The van der Waals surface area contributed by atoms with Gasteiger partial charge in [-0.1, -0.05) is 38.3 Å². The molecule has 3 nitrogen and oxygen atoms in total. The molecule has 1 aliphatic rings. The molecule has 0 bridgehead atoms. The molecule has 0 spiro atoms. The lowest BCUT2D eigenvalue weighted by atomic mass is 9.93. The molecule has 4 heteroatoms. The molecule has 106 valence electrons. The lowest BCUT2D eigenvalue weighted by Crippen LogP contribution is -2.16. The summed E-state index contributed by atoms with van der Waals surface area (Å²) in [5.74, 6) is 1.76. The number of fused-ring (bicyclic) bond motifs is 1. The fourth-order valence-electron chi connectivity index (χ4n) is 2.40. The highest BCUT2D eigenvalue weighted by Gasteiger charge is 2.20. The van der Waals surface area contributed by atoms with Crippen LogP contribution in [0.5, 0.6) is 11.5 Å². The predicted molar refractivity (Wildman–Crippen MR) is 76.1 cm³/mol. The normalized spacial score (nSPS) is 15.6. The topological polar surface area (TPSA) is 38.7 Å². The summed E-state index contributed by atoms with van der Waals surface area (Å²) in [5.41, 5.74) is 0.807. The summed E-state index contributed by atoms with van der Waals surface area (Å²) >= 11 is 6.18. The highest BCUT2D eigenvalue weighted by atomic mass is 35.5. The van der Waals surface area contributed by atoms with Crippen molar-refractivity contribution in [3.05, 3.63) is 22.7 Å². The minimum Gasteiger partial charge on any atom is -0.486 e. The molecular weight excluding hydrogens is 264 g/mol. The van der Waals surface area contributed by atoms with Gasteiger partial charge in [0, 0.05) is 0 Å². The number of rotatable bonds is 5. The second kappa shape index (κ2) is 6.49. The van der Waals surface area contributed by atoms with Crippen LogP contribution in [0, 0.1) is 5.92 Å². The maximum absolute atomic E-state index is 10.3. The fourth-order valence-corrected chi connectivity index (χ4v) is 2.67. The van der Waals surface area contributed by atoms with Crippen LogP contribution in [0.25, 0.3) is 0 Å². The maximum Gasteiger partial charge on any atom is 0.179 e. The molecule has 1 aromatic carbocycles. The molecule has 1 unspecified atom stereocenters. The van der Waals surface area contributed by atoms with Gasteiger partial charge >= 0.3 is 0 Å². The largest absolute Gasteiger partial charge is 0.486 e. The molecule has 1 atom stereocenters. The van der Waals surface area contributed by atoms with Gasteiger partial charge in [0.1, 0.15) is 13.2 Å². The Balaban J connectivity index is 2.18. The molecular formula is C15H21ClO3. The van der Waals surface area contributed by atoms with Crippen LogP contribution >= 0.6 is 11.6 Å². The Morgan fingerprint density at radius 1 is 1.21 bits per heavy atom. The highest BCUT2D eigenvalue weighted by molar-refractivity contribution is 6.32. The van der Waals surface area contributed by atoms with Crippen molar-refractivity contribution in [2.24, 2.45) is 5.92 Å². The van der Waals surface area contributed by atoms with Crippen molar-refractivity contribution >= 4 is 11.6 Å². The zero-order valence-electron chi connectivity index (χ0n) is 11.5. The third-order valence-corrected chi connectivity index (χ3v) is 4.00. The monoisotopic (exact) mass is 284 g/mol. The Morgan fingerprint density at radius 2 is 1.89 bits per heavy atom. The Bertz CT molecular complexity index is 430. The van der Waals surface area contributed by atoms with Crippen LogP contribution in [-0.2, 0) is 0 Å². The molecule has 1 heterocycles. The molecule has 1 N–H and O–H groups in total. The average Bonchev–Trinajstić information content (AvgIpc) is 2.44. The fraction of sp³-hybridized carbons (Fsp3) is 0.600. The van der Waals surface area contributed by atoms with E-state index in [-0.39, 0.29) is 0 Å². The molecule has 0 saturated heterocycles. The van der Waals surface area contributed by atoms with Crippen molar-refractivity contribution in [1.29, 1.82) is 0 Å². The third-order valence-electron chi connectivity index (χ3n) is 3.72. The first-order valence-corrected chi connectivity index (χ1v) is 7.30. The Kier molecular flexibility index (Phi) is 4.94. The highest BCUT2D eigenvalue weighted by Crippen LogP contribution is 2.40.